The highest BCUT2D eigenvalue weighted by Crippen LogP contribution is 2.21. The Kier molecular flexibility index (Phi) is 5.42. The Balaban J connectivity index is 1.71. The molecule has 0 saturated carbocycles. The molecule has 126 valence electrons. The van der Waals surface area contributed by atoms with Gasteiger partial charge in [0.15, 0.2) is 6.61 Å². The van der Waals surface area contributed by atoms with E-state index in [1.54, 1.807) is 12.4 Å². The molecule has 1 atom stereocenters. The largest absolute Gasteiger partial charge is 0.484 e. The van der Waals surface area contributed by atoms with E-state index < -0.39 is 0 Å². The van der Waals surface area contributed by atoms with Gasteiger partial charge in [-0.1, -0.05) is 48.5 Å². The number of amides is 1. The predicted octanol–water partition coefficient (Wildman–Crippen LogP) is 3.67. The van der Waals surface area contributed by atoms with Gasteiger partial charge in [-0.3, -0.25) is 9.78 Å². The van der Waals surface area contributed by atoms with E-state index in [4.69, 9.17) is 4.74 Å². The van der Waals surface area contributed by atoms with Gasteiger partial charge in [-0.2, -0.15) is 0 Å². The number of ether oxygens (including phenoxy) is 1. The van der Waals surface area contributed by atoms with Crippen LogP contribution in [0.4, 0.5) is 0 Å². The maximum absolute atomic E-state index is 12.4. The Bertz CT molecular complexity index is 780. The molecule has 0 aliphatic heterocycles. The van der Waals surface area contributed by atoms with Gasteiger partial charge >= 0.3 is 0 Å². The minimum Gasteiger partial charge on any atom is -0.484 e. The van der Waals surface area contributed by atoms with Crippen molar-refractivity contribution in [1.82, 2.24) is 10.3 Å². The average molecular weight is 332 g/mol. The molecular formula is C21H20N2O2. The summed E-state index contributed by atoms with van der Waals surface area (Å²) < 4.78 is 5.59. The molecule has 4 heteroatoms. The molecule has 4 nitrogen and oxygen atoms in total. The van der Waals surface area contributed by atoms with Gasteiger partial charge in [0.1, 0.15) is 5.75 Å². The van der Waals surface area contributed by atoms with Crippen LogP contribution < -0.4 is 10.1 Å². The van der Waals surface area contributed by atoms with Crippen LogP contribution in [0.15, 0.2) is 79.1 Å². The fraction of sp³-hybridized carbons (Fsp3) is 0.143. The number of carbonyl (C=O) groups excluding carboxylic acids is 1. The molecule has 2 aromatic carbocycles. The second kappa shape index (κ2) is 8.11. The van der Waals surface area contributed by atoms with Crippen LogP contribution in [0.2, 0.25) is 0 Å². The van der Waals surface area contributed by atoms with Gasteiger partial charge in [0.2, 0.25) is 0 Å². The second-order valence-electron chi connectivity index (χ2n) is 5.80. The molecule has 3 rings (SSSR count). The van der Waals surface area contributed by atoms with Gasteiger partial charge in [0.25, 0.3) is 5.91 Å². The Hall–Kier alpha value is -3.14. The van der Waals surface area contributed by atoms with Crippen molar-refractivity contribution in [2.45, 2.75) is 13.0 Å². The molecule has 1 aromatic heterocycles. The molecule has 0 unspecified atom stereocenters. The molecule has 0 aliphatic carbocycles. The fourth-order valence-corrected chi connectivity index (χ4v) is 2.61. The zero-order valence-electron chi connectivity index (χ0n) is 14.1. The number of benzene rings is 2. The molecule has 1 N–H and O–H groups in total. The minimum atomic E-state index is -0.261. The number of pyridine rings is 1. The summed E-state index contributed by atoms with van der Waals surface area (Å²) in [6.45, 7) is 1.95. The molecule has 3 aromatic rings. The zero-order valence-corrected chi connectivity index (χ0v) is 14.1. The van der Waals surface area contributed by atoms with E-state index >= 15 is 0 Å². The second-order valence-corrected chi connectivity index (χ2v) is 5.80. The molecule has 1 heterocycles. The third-order valence-corrected chi connectivity index (χ3v) is 3.82. The van der Waals surface area contributed by atoms with Crippen molar-refractivity contribution in [2.24, 2.45) is 0 Å². The summed E-state index contributed by atoms with van der Waals surface area (Å²) in [7, 11) is 0. The van der Waals surface area contributed by atoms with E-state index in [9.17, 15) is 4.79 Å². The monoisotopic (exact) mass is 332 g/mol. The van der Waals surface area contributed by atoms with Crippen molar-refractivity contribution in [1.29, 1.82) is 0 Å². The first-order valence-corrected chi connectivity index (χ1v) is 8.16. The summed E-state index contributed by atoms with van der Waals surface area (Å²) >= 11 is 0. The summed E-state index contributed by atoms with van der Waals surface area (Å²) in [6, 6.07) is 21.0. The quantitative estimate of drug-likeness (QED) is 0.749. The lowest BCUT2D eigenvalue weighted by atomic mass is 10.0. The Morgan fingerprint density at radius 2 is 1.84 bits per heavy atom. The molecule has 0 aliphatic rings. The average Bonchev–Trinajstić information content (AvgIpc) is 2.66. The lowest BCUT2D eigenvalue weighted by molar-refractivity contribution is -0.123. The topological polar surface area (TPSA) is 51.2 Å². The first-order valence-electron chi connectivity index (χ1n) is 8.16. The van der Waals surface area contributed by atoms with Crippen LogP contribution >= 0.6 is 0 Å². The molecule has 0 fully saturated rings. The minimum absolute atomic E-state index is 0.0347. The van der Waals surface area contributed by atoms with E-state index in [0.717, 1.165) is 16.7 Å². The van der Waals surface area contributed by atoms with Crippen LogP contribution in [0.5, 0.6) is 5.75 Å². The van der Waals surface area contributed by atoms with E-state index in [0.29, 0.717) is 5.75 Å². The number of rotatable bonds is 6. The smallest absolute Gasteiger partial charge is 0.258 e. The van der Waals surface area contributed by atoms with Gasteiger partial charge in [0, 0.05) is 12.4 Å². The van der Waals surface area contributed by atoms with Gasteiger partial charge in [-0.15, -0.1) is 0 Å². The summed E-state index contributed by atoms with van der Waals surface area (Å²) in [5.74, 6) is 0.506. The van der Waals surface area contributed by atoms with Crippen molar-refractivity contribution < 1.29 is 9.53 Å². The van der Waals surface area contributed by atoms with Crippen LogP contribution in [-0.2, 0) is 4.79 Å². The number of carbonyl (C=O) groups is 1. The number of hydrogen-bond donors (Lipinski definition) is 1. The molecule has 0 bridgehead atoms. The zero-order chi connectivity index (χ0) is 17.5. The van der Waals surface area contributed by atoms with Crippen molar-refractivity contribution >= 4 is 5.91 Å². The van der Waals surface area contributed by atoms with E-state index in [-0.39, 0.29) is 18.6 Å². The van der Waals surface area contributed by atoms with Crippen LogP contribution in [0.1, 0.15) is 22.7 Å². The van der Waals surface area contributed by atoms with Crippen LogP contribution in [0, 0.1) is 6.92 Å². The van der Waals surface area contributed by atoms with Crippen LogP contribution in [0.25, 0.3) is 0 Å². The summed E-state index contributed by atoms with van der Waals surface area (Å²) in [4.78, 5) is 16.6. The van der Waals surface area contributed by atoms with E-state index in [1.165, 1.54) is 0 Å². The highest BCUT2D eigenvalue weighted by atomic mass is 16.5. The maximum atomic E-state index is 12.4. The molecule has 0 radical (unpaired) electrons. The lowest BCUT2D eigenvalue weighted by Gasteiger charge is -2.19. The number of nitrogens with zero attached hydrogens (tertiary/aromatic N) is 1. The summed E-state index contributed by atoms with van der Waals surface area (Å²) in [6.07, 6.45) is 3.48. The Morgan fingerprint density at radius 3 is 2.56 bits per heavy atom. The van der Waals surface area contributed by atoms with Gasteiger partial charge < -0.3 is 10.1 Å². The first kappa shape index (κ1) is 16.7. The van der Waals surface area contributed by atoms with Gasteiger partial charge in [-0.25, -0.2) is 0 Å². The highest BCUT2D eigenvalue weighted by Gasteiger charge is 2.17. The standard InChI is InChI=1S/C21H20N2O2/c1-16-7-5-11-19(13-16)25-15-20(24)23-21(17-8-3-2-4-9-17)18-10-6-12-22-14-18/h2-14,21H,15H2,1H3,(H,23,24)/t21-/m1/s1. The maximum Gasteiger partial charge on any atom is 0.258 e. The van der Waals surface area contributed by atoms with E-state index in [2.05, 4.69) is 10.3 Å². The van der Waals surface area contributed by atoms with Crippen LogP contribution in [0.3, 0.4) is 0 Å². The molecule has 25 heavy (non-hydrogen) atoms. The lowest BCUT2D eigenvalue weighted by Crippen LogP contribution is -2.33. The Morgan fingerprint density at radius 1 is 1.04 bits per heavy atom. The Labute approximate surface area is 147 Å². The van der Waals surface area contributed by atoms with Crippen molar-refractivity contribution in [3.8, 4) is 5.75 Å². The first-order chi connectivity index (χ1) is 12.2. The summed E-state index contributed by atoms with van der Waals surface area (Å²) in [5, 5.41) is 3.03. The number of nitrogens with one attached hydrogen (secondary N) is 1. The van der Waals surface area contributed by atoms with Crippen molar-refractivity contribution in [3.05, 3.63) is 95.8 Å². The van der Waals surface area contributed by atoms with Gasteiger partial charge in [0.05, 0.1) is 6.04 Å². The van der Waals surface area contributed by atoms with E-state index in [1.807, 2.05) is 73.7 Å². The molecule has 0 spiro atoms. The van der Waals surface area contributed by atoms with Crippen molar-refractivity contribution in [3.63, 3.8) is 0 Å². The molecular weight excluding hydrogens is 312 g/mol. The third kappa shape index (κ3) is 4.67. The van der Waals surface area contributed by atoms with Crippen LogP contribution in [-0.4, -0.2) is 17.5 Å². The summed E-state index contributed by atoms with van der Waals surface area (Å²) in [5.41, 5.74) is 3.02. The SMILES string of the molecule is Cc1cccc(OCC(=O)N[C@H](c2ccccc2)c2cccnc2)c1. The number of aromatic nitrogens is 1. The normalized spacial score (nSPS) is 11.6. The molecule has 0 saturated heterocycles. The fourth-order valence-electron chi connectivity index (χ4n) is 2.61. The number of hydrogen-bond acceptors (Lipinski definition) is 3. The highest BCUT2D eigenvalue weighted by molar-refractivity contribution is 5.78. The predicted molar refractivity (Wildman–Crippen MR) is 97.3 cm³/mol. The number of aryl methyl sites for hydroxylation is 1. The van der Waals surface area contributed by atoms with Crippen molar-refractivity contribution in [2.75, 3.05) is 6.61 Å². The van der Waals surface area contributed by atoms with Gasteiger partial charge in [-0.05, 0) is 41.8 Å². The third-order valence-electron chi connectivity index (χ3n) is 3.82. The molecule has 1 amide bonds.